The van der Waals surface area contributed by atoms with Crippen molar-refractivity contribution in [2.45, 2.75) is 13.3 Å². The van der Waals surface area contributed by atoms with Crippen molar-refractivity contribution in [1.29, 1.82) is 0 Å². The molecule has 0 aromatic heterocycles. The Kier molecular flexibility index (Phi) is 1.57. The summed E-state index contributed by atoms with van der Waals surface area (Å²) in [6.45, 7) is 2.18. The van der Waals surface area contributed by atoms with Crippen molar-refractivity contribution >= 4 is 18.8 Å². The maximum absolute atomic E-state index is 2.26. The molecular formula is C10H10B. The maximum Gasteiger partial charge on any atom is 0.182 e. The molecule has 0 saturated heterocycles. The highest BCUT2D eigenvalue weighted by atomic mass is 14.0. The molecule has 0 amide bonds. The second-order valence-electron chi connectivity index (χ2n) is 2.84. The van der Waals surface area contributed by atoms with Crippen LogP contribution in [0.5, 0.6) is 0 Å². The van der Waals surface area contributed by atoms with E-state index in [1.165, 1.54) is 16.6 Å². The van der Waals surface area contributed by atoms with Crippen LogP contribution in [0.25, 0.3) is 6.08 Å². The number of hydrogen-bond donors (Lipinski definition) is 0. The van der Waals surface area contributed by atoms with Crippen LogP contribution in [-0.4, -0.2) is 7.28 Å². The van der Waals surface area contributed by atoms with E-state index in [2.05, 4.69) is 44.5 Å². The minimum atomic E-state index is 1.13. The molecule has 0 saturated carbocycles. The van der Waals surface area contributed by atoms with Crippen LogP contribution in [0, 0.1) is 0 Å². The third-order valence-corrected chi connectivity index (χ3v) is 2.11. The Morgan fingerprint density at radius 1 is 1.36 bits per heavy atom. The molecule has 0 nitrogen and oxygen atoms in total. The van der Waals surface area contributed by atoms with E-state index in [4.69, 9.17) is 0 Å². The van der Waals surface area contributed by atoms with Gasteiger partial charge in [-0.1, -0.05) is 36.7 Å². The Morgan fingerprint density at radius 2 is 2.27 bits per heavy atom. The summed E-state index contributed by atoms with van der Waals surface area (Å²) in [6, 6.07) is 6.64. The van der Waals surface area contributed by atoms with E-state index in [0.29, 0.717) is 0 Å². The van der Waals surface area contributed by atoms with Crippen LogP contribution in [-0.2, 0) is 6.42 Å². The van der Waals surface area contributed by atoms with Crippen molar-refractivity contribution in [3.05, 3.63) is 35.3 Å². The highest BCUT2D eigenvalue weighted by Gasteiger charge is 2.04. The van der Waals surface area contributed by atoms with Crippen LogP contribution in [0.3, 0.4) is 0 Å². The van der Waals surface area contributed by atoms with Crippen LogP contribution in [0.4, 0.5) is 0 Å². The summed E-state index contributed by atoms with van der Waals surface area (Å²) < 4.78 is 0. The zero-order chi connectivity index (χ0) is 7.68. The lowest BCUT2D eigenvalue weighted by Gasteiger charge is -2.00. The van der Waals surface area contributed by atoms with E-state index < -0.39 is 0 Å². The molecule has 1 aliphatic heterocycles. The van der Waals surface area contributed by atoms with Crippen molar-refractivity contribution < 1.29 is 0 Å². The number of rotatable bonds is 1. The second kappa shape index (κ2) is 2.57. The van der Waals surface area contributed by atoms with E-state index in [1.807, 2.05) is 0 Å². The maximum atomic E-state index is 2.26. The summed E-state index contributed by atoms with van der Waals surface area (Å²) >= 11 is 0. The van der Waals surface area contributed by atoms with E-state index in [0.717, 1.165) is 6.42 Å². The Morgan fingerprint density at radius 3 is 3.09 bits per heavy atom. The van der Waals surface area contributed by atoms with Gasteiger partial charge in [0.1, 0.15) is 0 Å². The predicted octanol–water partition coefficient (Wildman–Crippen LogP) is 1.56. The molecule has 1 heteroatoms. The summed E-state index contributed by atoms with van der Waals surface area (Å²) in [5, 5.41) is 0. The highest BCUT2D eigenvalue weighted by Crippen LogP contribution is 2.08. The van der Waals surface area contributed by atoms with Gasteiger partial charge in [0.25, 0.3) is 0 Å². The molecule has 1 aromatic carbocycles. The quantitative estimate of drug-likeness (QED) is 0.520. The first-order valence-electron chi connectivity index (χ1n) is 4.04. The van der Waals surface area contributed by atoms with Crippen LogP contribution in [0.2, 0.25) is 0 Å². The van der Waals surface area contributed by atoms with Gasteiger partial charge in [-0.15, -0.1) is 5.98 Å². The highest BCUT2D eigenvalue weighted by molar-refractivity contribution is 6.62. The van der Waals surface area contributed by atoms with Crippen molar-refractivity contribution in [3.63, 3.8) is 0 Å². The summed E-state index contributed by atoms with van der Waals surface area (Å²) in [5.74, 6) is 2.10. The second-order valence-corrected chi connectivity index (χ2v) is 2.84. The SMILES string of the molecule is CCc1ccc2c(c1)C=C[B]2. The van der Waals surface area contributed by atoms with Gasteiger partial charge in [-0.25, -0.2) is 0 Å². The average Bonchev–Trinajstić information content (AvgIpc) is 2.50. The summed E-state index contributed by atoms with van der Waals surface area (Å²) in [6.07, 6.45) is 3.29. The molecule has 11 heavy (non-hydrogen) atoms. The fraction of sp³-hybridized carbons (Fsp3) is 0.200. The van der Waals surface area contributed by atoms with Gasteiger partial charge in [-0.3, -0.25) is 0 Å². The van der Waals surface area contributed by atoms with E-state index in [-0.39, 0.29) is 0 Å². The van der Waals surface area contributed by atoms with Crippen LogP contribution >= 0.6 is 0 Å². The normalized spacial score (nSPS) is 12.8. The zero-order valence-corrected chi connectivity index (χ0v) is 6.67. The molecular weight excluding hydrogens is 131 g/mol. The van der Waals surface area contributed by atoms with E-state index in [1.54, 1.807) is 0 Å². The van der Waals surface area contributed by atoms with Crippen molar-refractivity contribution in [2.24, 2.45) is 0 Å². The molecule has 0 fully saturated rings. The molecule has 1 radical (unpaired) electrons. The molecule has 0 atom stereocenters. The Hall–Kier alpha value is -0.975. The molecule has 0 N–H and O–H groups in total. The summed E-state index contributed by atoms with van der Waals surface area (Å²) in [4.78, 5) is 0. The molecule has 0 aliphatic carbocycles. The molecule has 2 rings (SSSR count). The molecule has 1 aliphatic rings. The largest absolute Gasteiger partial charge is 0.182 e. The Labute approximate surface area is 68.2 Å². The number of hydrogen-bond acceptors (Lipinski definition) is 0. The number of benzene rings is 1. The van der Waals surface area contributed by atoms with Gasteiger partial charge in [0.05, 0.1) is 0 Å². The lowest BCUT2D eigenvalue weighted by molar-refractivity contribution is 1.14. The van der Waals surface area contributed by atoms with Gasteiger partial charge < -0.3 is 0 Å². The summed E-state index contributed by atoms with van der Waals surface area (Å²) in [7, 11) is 2.15. The fourth-order valence-electron chi connectivity index (χ4n) is 1.40. The van der Waals surface area contributed by atoms with Gasteiger partial charge in [0.15, 0.2) is 7.28 Å². The first-order valence-corrected chi connectivity index (χ1v) is 4.04. The minimum Gasteiger partial charge on any atom is -0.116 e. The number of fused-ring (bicyclic) bond motifs is 1. The predicted molar refractivity (Wildman–Crippen MR) is 50.2 cm³/mol. The van der Waals surface area contributed by atoms with Gasteiger partial charge in [-0.2, -0.15) is 0 Å². The number of aryl methyl sites for hydroxylation is 1. The van der Waals surface area contributed by atoms with Gasteiger partial charge in [-0.05, 0) is 17.5 Å². The molecule has 0 bridgehead atoms. The molecule has 0 spiro atoms. The Bertz CT molecular complexity index is 300. The van der Waals surface area contributed by atoms with Crippen molar-refractivity contribution in [1.82, 2.24) is 0 Å². The third-order valence-electron chi connectivity index (χ3n) is 2.11. The Balaban J connectivity index is 2.47. The van der Waals surface area contributed by atoms with E-state index >= 15 is 0 Å². The van der Waals surface area contributed by atoms with E-state index in [9.17, 15) is 0 Å². The topological polar surface area (TPSA) is 0 Å². The monoisotopic (exact) mass is 141 g/mol. The summed E-state index contributed by atoms with van der Waals surface area (Å²) in [5.41, 5.74) is 4.13. The minimum absolute atomic E-state index is 1.13. The van der Waals surface area contributed by atoms with Gasteiger partial charge in [0, 0.05) is 0 Å². The molecule has 1 heterocycles. The molecule has 53 valence electrons. The molecule has 0 unspecified atom stereocenters. The lowest BCUT2D eigenvalue weighted by Crippen LogP contribution is -2.10. The zero-order valence-electron chi connectivity index (χ0n) is 6.67. The van der Waals surface area contributed by atoms with Crippen LogP contribution < -0.4 is 5.46 Å². The lowest BCUT2D eigenvalue weighted by atomic mass is 9.73. The van der Waals surface area contributed by atoms with Gasteiger partial charge >= 0.3 is 0 Å². The smallest absolute Gasteiger partial charge is 0.116 e. The average molecular weight is 141 g/mol. The first kappa shape index (κ1) is 6.72. The van der Waals surface area contributed by atoms with Crippen LogP contribution in [0.1, 0.15) is 18.1 Å². The van der Waals surface area contributed by atoms with Gasteiger partial charge in [0.2, 0.25) is 0 Å². The van der Waals surface area contributed by atoms with Crippen molar-refractivity contribution in [3.8, 4) is 0 Å². The van der Waals surface area contributed by atoms with Crippen molar-refractivity contribution in [2.75, 3.05) is 0 Å². The molecule has 1 aromatic rings. The first-order chi connectivity index (χ1) is 5.40. The van der Waals surface area contributed by atoms with Crippen LogP contribution in [0.15, 0.2) is 24.2 Å². The fourth-order valence-corrected chi connectivity index (χ4v) is 1.40. The standard InChI is InChI=1S/C10H10B/c1-2-8-3-4-10-9(7-8)5-6-11-10/h3-7H,2H2,1H3. The third kappa shape index (κ3) is 1.11.